The first-order valence-electron chi connectivity index (χ1n) is 8.99. The fraction of sp³-hybridized carbons (Fsp3) is 0.350. The third kappa shape index (κ3) is 3.63. The van der Waals surface area contributed by atoms with E-state index in [1.165, 1.54) is 7.05 Å². The van der Waals surface area contributed by atoms with Crippen molar-refractivity contribution < 1.29 is 18.8 Å². The van der Waals surface area contributed by atoms with E-state index in [2.05, 4.69) is 10.3 Å². The first-order chi connectivity index (χ1) is 13.6. The zero-order valence-corrected chi connectivity index (χ0v) is 17.2. The Kier molecular flexibility index (Phi) is 5.23. The van der Waals surface area contributed by atoms with Crippen LogP contribution in [0.25, 0.3) is 5.82 Å². The average Bonchev–Trinajstić information content (AvgIpc) is 3.20. The van der Waals surface area contributed by atoms with Crippen molar-refractivity contribution in [1.82, 2.24) is 19.5 Å². The van der Waals surface area contributed by atoms with Crippen molar-refractivity contribution in [3.63, 3.8) is 0 Å². The van der Waals surface area contributed by atoms with Crippen LogP contribution in [0.2, 0.25) is 0 Å². The van der Waals surface area contributed by atoms with Crippen LogP contribution in [0.1, 0.15) is 49.1 Å². The van der Waals surface area contributed by atoms with Crippen LogP contribution >= 0.6 is 0 Å². The van der Waals surface area contributed by atoms with Gasteiger partial charge in [0.1, 0.15) is 11.3 Å². The Morgan fingerprint density at radius 2 is 1.83 bits per heavy atom. The van der Waals surface area contributed by atoms with Crippen molar-refractivity contribution in [3.8, 4) is 5.82 Å². The zero-order chi connectivity index (χ0) is 21.5. The topological polar surface area (TPSA) is 109 Å². The Balaban J connectivity index is 1.82. The van der Waals surface area contributed by atoms with E-state index in [9.17, 15) is 14.4 Å². The fourth-order valence-electron chi connectivity index (χ4n) is 3.23. The van der Waals surface area contributed by atoms with Crippen LogP contribution in [-0.4, -0.2) is 37.9 Å². The molecule has 3 aromatic heterocycles. The summed E-state index contributed by atoms with van der Waals surface area (Å²) < 4.78 is 13.1. The molecule has 29 heavy (non-hydrogen) atoms. The third-order valence-electron chi connectivity index (χ3n) is 4.84. The summed E-state index contributed by atoms with van der Waals surface area (Å²) in [5, 5.41) is 8.00. The maximum atomic E-state index is 12.7. The number of ketones is 1. The molecule has 0 saturated heterocycles. The monoisotopic (exact) mass is 398 g/mol. The predicted molar refractivity (Wildman–Crippen MR) is 104 cm³/mol. The molecular weight excluding hydrogens is 376 g/mol. The van der Waals surface area contributed by atoms with Gasteiger partial charge in [-0.05, 0) is 46.2 Å². The van der Waals surface area contributed by atoms with Crippen LogP contribution in [0.4, 0.5) is 0 Å². The molecule has 0 amide bonds. The number of nitrogens with zero attached hydrogens (tertiary/aromatic N) is 4. The van der Waals surface area contributed by atoms with Crippen molar-refractivity contribution >= 4 is 11.8 Å². The predicted octanol–water partition coefficient (Wildman–Crippen LogP) is 2.14. The number of Topliss-reactive ketones (excluding diaryl/α,β-unsaturated/α-hetero) is 1. The van der Waals surface area contributed by atoms with Gasteiger partial charge in [0.25, 0.3) is 5.56 Å². The van der Waals surface area contributed by atoms with Crippen LogP contribution in [0.15, 0.2) is 21.5 Å². The van der Waals surface area contributed by atoms with Crippen molar-refractivity contribution in [2.75, 3.05) is 6.61 Å². The largest absolute Gasteiger partial charge is 0.454 e. The minimum absolute atomic E-state index is 0.114. The molecule has 3 rings (SSSR count). The first-order valence-corrected chi connectivity index (χ1v) is 8.99. The van der Waals surface area contributed by atoms with Crippen LogP contribution < -0.4 is 5.56 Å². The highest BCUT2D eigenvalue weighted by molar-refractivity contribution is 6.00. The summed E-state index contributed by atoms with van der Waals surface area (Å²) in [6.45, 7) is 8.23. The first kappa shape index (κ1) is 20.2. The molecule has 0 fully saturated rings. The molecule has 0 aliphatic heterocycles. The molecule has 0 aliphatic carbocycles. The van der Waals surface area contributed by atoms with E-state index in [4.69, 9.17) is 9.26 Å². The second kappa shape index (κ2) is 7.50. The molecule has 0 atom stereocenters. The number of esters is 1. The maximum absolute atomic E-state index is 12.7. The Morgan fingerprint density at radius 1 is 1.14 bits per heavy atom. The highest BCUT2D eigenvalue weighted by atomic mass is 16.5. The maximum Gasteiger partial charge on any atom is 0.344 e. The van der Waals surface area contributed by atoms with Gasteiger partial charge >= 0.3 is 5.97 Å². The Morgan fingerprint density at radius 3 is 2.45 bits per heavy atom. The quantitative estimate of drug-likeness (QED) is 0.478. The van der Waals surface area contributed by atoms with E-state index in [0.29, 0.717) is 34.1 Å². The molecule has 0 saturated carbocycles. The van der Waals surface area contributed by atoms with Gasteiger partial charge in [-0.1, -0.05) is 5.16 Å². The summed E-state index contributed by atoms with van der Waals surface area (Å²) in [6, 6.07) is 3.47. The summed E-state index contributed by atoms with van der Waals surface area (Å²) in [5.41, 5.74) is 2.15. The van der Waals surface area contributed by atoms with Crippen LogP contribution in [0, 0.1) is 34.6 Å². The number of carbonyl (C=O) groups is 2. The lowest BCUT2D eigenvalue weighted by Gasteiger charge is -2.09. The second-order valence-electron chi connectivity index (χ2n) is 6.93. The van der Waals surface area contributed by atoms with E-state index in [1.807, 2.05) is 6.92 Å². The molecule has 0 bridgehead atoms. The molecule has 0 N–H and O–H groups in total. The molecule has 3 heterocycles. The van der Waals surface area contributed by atoms with Crippen molar-refractivity contribution in [2.45, 2.75) is 34.6 Å². The van der Waals surface area contributed by atoms with Crippen LogP contribution in [0.5, 0.6) is 0 Å². The molecule has 9 nitrogen and oxygen atoms in total. The summed E-state index contributed by atoms with van der Waals surface area (Å²) in [6.07, 6.45) is 0. The van der Waals surface area contributed by atoms with Crippen molar-refractivity contribution in [2.24, 2.45) is 7.05 Å². The molecule has 0 aromatic carbocycles. The summed E-state index contributed by atoms with van der Waals surface area (Å²) in [5.74, 6) is -0.000108. The van der Waals surface area contributed by atoms with Crippen molar-refractivity contribution in [1.29, 1.82) is 0 Å². The Hall–Kier alpha value is -3.49. The zero-order valence-electron chi connectivity index (χ0n) is 17.2. The van der Waals surface area contributed by atoms with Gasteiger partial charge in [-0.25, -0.2) is 9.48 Å². The number of ether oxygens (including phenoxy) is 1. The normalized spacial score (nSPS) is 11.0. The number of hydrogen-bond acceptors (Lipinski definition) is 7. The smallest absolute Gasteiger partial charge is 0.344 e. The molecule has 9 heteroatoms. The highest BCUT2D eigenvalue weighted by Crippen LogP contribution is 2.21. The summed E-state index contributed by atoms with van der Waals surface area (Å²) in [4.78, 5) is 37.4. The van der Waals surface area contributed by atoms with Gasteiger partial charge in [0.05, 0.1) is 5.69 Å². The van der Waals surface area contributed by atoms with Crippen LogP contribution in [0.3, 0.4) is 0 Å². The SMILES string of the molecule is Cc1cc(-n2c(C)cc(C(=O)COC(=O)c3c(C)c(C)nn(C)c3=O)c2C)no1. The minimum atomic E-state index is -0.845. The molecular formula is C20H22N4O5. The standard InChI is InChI=1S/C20H22N4O5/c1-10-7-15(14(5)24(10)17-8-11(2)29-22-17)16(25)9-28-20(27)18-12(3)13(4)21-23(6)19(18)26/h7-8H,9H2,1-6H3. The Bertz CT molecular complexity index is 1180. The number of aromatic nitrogens is 4. The second-order valence-corrected chi connectivity index (χ2v) is 6.93. The van der Waals surface area contributed by atoms with Gasteiger partial charge in [0.15, 0.2) is 12.4 Å². The minimum Gasteiger partial charge on any atom is -0.454 e. The lowest BCUT2D eigenvalue weighted by Crippen LogP contribution is -2.30. The summed E-state index contributed by atoms with van der Waals surface area (Å²) >= 11 is 0. The number of carbonyl (C=O) groups excluding carboxylic acids is 2. The van der Waals surface area contributed by atoms with Gasteiger partial charge in [0, 0.05) is 30.1 Å². The van der Waals surface area contributed by atoms with E-state index in [1.54, 1.807) is 44.4 Å². The van der Waals surface area contributed by atoms with Gasteiger partial charge in [-0.15, -0.1) is 0 Å². The van der Waals surface area contributed by atoms with E-state index >= 15 is 0 Å². The van der Waals surface area contributed by atoms with E-state index in [-0.39, 0.29) is 11.3 Å². The molecule has 152 valence electrons. The number of rotatable bonds is 5. The number of hydrogen-bond donors (Lipinski definition) is 0. The fourth-order valence-corrected chi connectivity index (χ4v) is 3.23. The molecule has 0 spiro atoms. The van der Waals surface area contributed by atoms with Gasteiger partial charge in [-0.3, -0.25) is 14.2 Å². The van der Waals surface area contributed by atoms with Crippen LogP contribution in [-0.2, 0) is 11.8 Å². The third-order valence-corrected chi connectivity index (χ3v) is 4.84. The molecule has 0 unspecified atom stereocenters. The van der Waals surface area contributed by atoms with Crippen molar-refractivity contribution in [3.05, 3.63) is 62.0 Å². The molecule has 3 aromatic rings. The van der Waals surface area contributed by atoms with E-state index in [0.717, 1.165) is 10.4 Å². The Labute approximate surface area is 166 Å². The van der Waals surface area contributed by atoms with Gasteiger partial charge in [0.2, 0.25) is 5.78 Å². The van der Waals surface area contributed by atoms with E-state index < -0.39 is 18.1 Å². The lowest BCUT2D eigenvalue weighted by atomic mass is 10.1. The van der Waals surface area contributed by atoms with Gasteiger partial charge < -0.3 is 9.26 Å². The van der Waals surface area contributed by atoms with Gasteiger partial charge in [-0.2, -0.15) is 5.10 Å². The molecule has 0 radical (unpaired) electrons. The molecule has 0 aliphatic rings. The number of aryl methyl sites for hydroxylation is 4. The highest BCUT2D eigenvalue weighted by Gasteiger charge is 2.23. The average molecular weight is 398 g/mol. The lowest BCUT2D eigenvalue weighted by molar-refractivity contribution is 0.0470. The summed E-state index contributed by atoms with van der Waals surface area (Å²) in [7, 11) is 1.46.